The number of nitrogens with zero attached hydrogens (tertiary/aromatic N) is 2. The van der Waals surface area contributed by atoms with E-state index < -0.39 is 0 Å². The van der Waals surface area contributed by atoms with Gasteiger partial charge in [0.05, 0.1) is 6.54 Å². The van der Waals surface area contributed by atoms with Gasteiger partial charge < -0.3 is 10.5 Å². The molecular weight excluding hydrogens is 249 g/mol. The van der Waals surface area contributed by atoms with Crippen LogP contribution in [0.5, 0.6) is 5.75 Å². The van der Waals surface area contributed by atoms with Crippen LogP contribution in [0.25, 0.3) is 0 Å². The van der Waals surface area contributed by atoms with Crippen LogP contribution in [-0.2, 0) is 13.0 Å². The van der Waals surface area contributed by atoms with Gasteiger partial charge in [0.2, 0.25) is 0 Å². The van der Waals surface area contributed by atoms with Crippen LogP contribution in [0.3, 0.4) is 0 Å². The molecule has 5 nitrogen and oxygen atoms in total. The molecule has 98 valence electrons. The van der Waals surface area contributed by atoms with E-state index >= 15 is 0 Å². The highest BCUT2D eigenvalue weighted by atomic mass is 19.1. The Morgan fingerprint density at radius 3 is 3.11 bits per heavy atom. The molecule has 0 amide bonds. The first-order valence-corrected chi connectivity index (χ1v) is 5.90. The van der Waals surface area contributed by atoms with E-state index in [0.29, 0.717) is 18.7 Å². The number of rotatable bonds is 2. The molecule has 1 aliphatic rings. The second-order valence-electron chi connectivity index (χ2n) is 4.47. The van der Waals surface area contributed by atoms with Crippen molar-refractivity contribution in [2.45, 2.75) is 19.1 Å². The number of nitrogen functional groups attached to an aromatic ring is 1. The highest BCUT2D eigenvalue weighted by Crippen LogP contribution is 2.29. The van der Waals surface area contributed by atoms with Crippen LogP contribution in [0, 0.1) is 5.82 Å². The number of nitrogens with two attached hydrogens (primary N) is 1. The maximum atomic E-state index is 13.1. The Labute approximate surface area is 108 Å². The smallest absolute Gasteiger partial charge is 0.266 e. The zero-order valence-electron chi connectivity index (χ0n) is 10.0. The van der Waals surface area contributed by atoms with Gasteiger partial charge in [-0.3, -0.25) is 4.79 Å². The molecule has 2 heterocycles. The van der Waals surface area contributed by atoms with Gasteiger partial charge in [0.15, 0.2) is 0 Å². The van der Waals surface area contributed by atoms with E-state index in [1.807, 2.05) is 0 Å². The zero-order valence-corrected chi connectivity index (χ0v) is 10.0. The summed E-state index contributed by atoms with van der Waals surface area (Å²) in [4.78, 5) is 11.6. The topological polar surface area (TPSA) is 70.1 Å². The lowest BCUT2D eigenvalue weighted by Gasteiger charge is -2.11. The minimum atomic E-state index is -0.290. The van der Waals surface area contributed by atoms with Gasteiger partial charge in [-0.25, -0.2) is 9.07 Å². The van der Waals surface area contributed by atoms with E-state index in [0.717, 1.165) is 5.56 Å². The van der Waals surface area contributed by atoms with Crippen LogP contribution in [0.15, 0.2) is 35.1 Å². The van der Waals surface area contributed by atoms with Crippen molar-refractivity contribution >= 4 is 5.82 Å². The molecule has 2 aromatic rings. The molecule has 19 heavy (non-hydrogen) atoms. The largest absolute Gasteiger partial charge is 0.488 e. The van der Waals surface area contributed by atoms with Crippen molar-refractivity contribution in [1.82, 2.24) is 9.78 Å². The Kier molecular flexibility index (Phi) is 2.70. The average Bonchev–Trinajstić information content (AvgIpc) is 2.75. The van der Waals surface area contributed by atoms with Gasteiger partial charge in [-0.1, -0.05) is 0 Å². The lowest BCUT2D eigenvalue weighted by atomic mass is 10.1. The molecular formula is C13H12FN3O2. The Balaban J connectivity index is 1.80. The standard InChI is InChI=1S/C13H12FN3O2/c14-9-1-2-11-8(5-9)6-10(19-11)7-17-13(18)4-3-12(15)16-17/h1-5,10H,6-7H2,(H2,15,16). The van der Waals surface area contributed by atoms with Gasteiger partial charge in [0.1, 0.15) is 23.5 Å². The highest BCUT2D eigenvalue weighted by Gasteiger charge is 2.24. The van der Waals surface area contributed by atoms with E-state index in [4.69, 9.17) is 10.5 Å². The second kappa shape index (κ2) is 4.38. The molecule has 2 N–H and O–H groups in total. The predicted molar refractivity (Wildman–Crippen MR) is 67.4 cm³/mol. The number of hydrogen-bond donors (Lipinski definition) is 1. The molecule has 0 saturated heterocycles. The summed E-state index contributed by atoms with van der Waals surface area (Å²) in [6.07, 6.45) is 0.319. The second-order valence-corrected chi connectivity index (χ2v) is 4.47. The summed E-state index contributed by atoms with van der Waals surface area (Å²) < 4.78 is 20.0. The lowest BCUT2D eigenvalue weighted by molar-refractivity contribution is 0.201. The minimum absolute atomic E-state index is 0.233. The van der Waals surface area contributed by atoms with Gasteiger partial charge in [0, 0.05) is 18.1 Å². The fourth-order valence-electron chi connectivity index (χ4n) is 2.18. The summed E-state index contributed by atoms with van der Waals surface area (Å²) in [6.45, 7) is 0.292. The first-order valence-electron chi connectivity index (χ1n) is 5.90. The number of fused-ring (bicyclic) bond motifs is 1. The molecule has 0 fully saturated rings. The maximum absolute atomic E-state index is 13.1. The Hall–Kier alpha value is -2.37. The molecule has 1 atom stereocenters. The third-order valence-electron chi connectivity index (χ3n) is 3.03. The van der Waals surface area contributed by atoms with E-state index in [1.54, 1.807) is 6.07 Å². The number of benzene rings is 1. The van der Waals surface area contributed by atoms with Crippen molar-refractivity contribution in [3.8, 4) is 5.75 Å². The monoisotopic (exact) mass is 261 g/mol. The molecule has 0 radical (unpaired) electrons. The Morgan fingerprint density at radius 1 is 1.42 bits per heavy atom. The van der Waals surface area contributed by atoms with Gasteiger partial charge in [0.25, 0.3) is 5.56 Å². The Bertz CT molecular complexity index is 684. The van der Waals surface area contributed by atoms with Crippen LogP contribution in [0.4, 0.5) is 10.2 Å². The van der Waals surface area contributed by atoms with Gasteiger partial charge in [-0.2, -0.15) is 5.10 Å². The fraction of sp³-hybridized carbons (Fsp3) is 0.231. The third kappa shape index (κ3) is 2.29. The summed E-state index contributed by atoms with van der Waals surface area (Å²) in [6, 6.07) is 7.22. The molecule has 1 aliphatic heterocycles. The predicted octanol–water partition coefficient (Wildman–Crippen LogP) is 0.968. The van der Waals surface area contributed by atoms with E-state index in [1.165, 1.54) is 28.9 Å². The van der Waals surface area contributed by atoms with Crippen molar-refractivity contribution in [3.05, 3.63) is 52.1 Å². The molecule has 1 aromatic carbocycles. The van der Waals surface area contributed by atoms with Crippen LogP contribution in [0.1, 0.15) is 5.56 Å². The normalized spacial score (nSPS) is 17.0. The first-order chi connectivity index (χ1) is 9.11. The lowest BCUT2D eigenvalue weighted by Crippen LogP contribution is -2.30. The van der Waals surface area contributed by atoms with Crippen LogP contribution >= 0.6 is 0 Å². The minimum Gasteiger partial charge on any atom is -0.488 e. The summed E-state index contributed by atoms with van der Waals surface area (Å²) >= 11 is 0. The van der Waals surface area contributed by atoms with Gasteiger partial charge in [-0.15, -0.1) is 0 Å². The van der Waals surface area contributed by atoms with Crippen LogP contribution in [0.2, 0.25) is 0 Å². The quantitative estimate of drug-likeness (QED) is 0.874. The number of hydrogen-bond acceptors (Lipinski definition) is 4. The third-order valence-corrected chi connectivity index (χ3v) is 3.03. The van der Waals surface area contributed by atoms with Crippen LogP contribution in [-0.4, -0.2) is 15.9 Å². The van der Waals surface area contributed by atoms with E-state index in [9.17, 15) is 9.18 Å². The van der Waals surface area contributed by atoms with Crippen molar-refractivity contribution in [1.29, 1.82) is 0 Å². The molecule has 0 aliphatic carbocycles. The molecule has 0 saturated carbocycles. The number of anilines is 1. The number of ether oxygens (including phenoxy) is 1. The summed E-state index contributed by atoms with van der Waals surface area (Å²) in [5, 5.41) is 3.94. The molecule has 3 rings (SSSR count). The number of aromatic nitrogens is 2. The van der Waals surface area contributed by atoms with Crippen molar-refractivity contribution in [3.63, 3.8) is 0 Å². The van der Waals surface area contributed by atoms with Crippen molar-refractivity contribution < 1.29 is 9.13 Å². The summed E-state index contributed by atoms with van der Waals surface area (Å²) in [5.41, 5.74) is 6.12. The highest BCUT2D eigenvalue weighted by molar-refractivity contribution is 5.37. The van der Waals surface area contributed by atoms with Crippen molar-refractivity contribution in [2.75, 3.05) is 5.73 Å². The Morgan fingerprint density at radius 2 is 2.26 bits per heavy atom. The molecule has 1 unspecified atom stereocenters. The number of halogens is 1. The van der Waals surface area contributed by atoms with Crippen LogP contribution < -0.4 is 16.0 Å². The fourth-order valence-corrected chi connectivity index (χ4v) is 2.18. The SMILES string of the molecule is Nc1ccc(=O)n(CC2Cc3cc(F)ccc3O2)n1. The maximum Gasteiger partial charge on any atom is 0.266 e. The summed E-state index contributed by atoms with van der Waals surface area (Å²) in [5.74, 6) is 0.645. The van der Waals surface area contributed by atoms with Crippen molar-refractivity contribution in [2.24, 2.45) is 0 Å². The first kappa shape index (κ1) is 11.7. The zero-order chi connectivity index (χ0) is 13.4. The average molecular weight is 261 g/mol. The summed E-state index contributed by atoms with van der Waals surface area (Å²) in [7, 11) is 0. The molecule has 1 aromatic heterocycles. The molecule has 6 heteroatoms. The van der Waals surface area contributed by atoms with E-state index in [2.05, 4.69) is 5.10 Å². The van der Waals surface area contributed by atoms with Gasteiger partial charge in [-0.05, 0) is 24.3 Å². The van der Waals surface area contributed by atoms with Gasteiger partial charge >= 0.3 is 0 Å². The molecule has 0 bridgehead atoms. The van der Waals surface area contributed by atoms with E-state index in [-0.39, 0.29) is 23.3 Å². The molecule has 0 spiro atoms.